The quantitative estimate of drug-likeness (QED) is 0.745. The van der Waals surface area contributed by atoms with Gasteiger partial charge in [-0.25, -0.2) is 0 Å². The van der Waals surface area contributed by atoms with E-state index in [1.54, 1.807) is 7.11 Å². The maximum Gasteiger partial charge on any atom is 0.161 e. The Bertz CT molecular complexity index is 596. The Kier molecular flexibility index (Phi) is 6.28. The summed E-state index contributed by atoms with van der Waals surface area (Å²) in [6.45, 7) is 6.68. The molecule has 0 saturated carbocycles. The standard InChI is InChI=1S/C19H25NO2/c1-4-11-20-13-16-9-10-18(19(12-16)21-3)22-14-17-8-6-5-7-15(17)2/h5-10,12,20H,4,11,13-14H2,1-3H3. The molecule has 0 bridgehead atoms. The van der Waals surface area contributed by atoms with Gasteiger partial charge >= 0.3 is 0 Å². The number of aryl methyl sites for hydroxylation is 1. The van der Waals surface area contributed by atoms with Gasteiger partial charge in [0.25, 0.3) is 0 Å². The molecule has 0 unspecified atom stereocenters. The number of benzene rings is 2. The van der Waals surface area contributed by atoms with E-state index in [4.69, 9.17) is 9.47 Å². The second-order valence-electron chi connectivity index (χ2n) is 5.38. The fourth-order valence-corrected chi connectivity index (χ4v) is 2.28. The summed E-state index contributed by atoms with van der Waals surface area (Å²) >= 11 is 0. The van der Waals surface area contributed by atoms with Gasteiger partial charge in [-0.05, 0) is 48.7 Å². The maximum absolute atomic E-state index is 5.93. The average molecular weight is 299 g/mol. The molecule has 0 aliphatic rings. The maximum atomic E-state index is 5.93. The van der Waals surface area contributed by atoms with Gasteiger partial charge in [0.1, 0.15) is 6.61 Å². The van der Waals surface area contributed by atoms with Gasteiger partial charge in [-0.3, -0.25) is 0 Å². The highest BCUT2D eigenvalue weighted by Crippen LogP contribution is 2.29. The van der Waals surface area contributed by atoms with Crippen LogP contribution in [-0.2, 0) is 13.2 Å². The van der Waals surface area contributed by atoms with E-state index in [0.29, 0.717) is 6.61 Å². The molecule has 0 aromatic heterocycles. The highest BCUT2D eigenvalue weighted by molar-refractivity contribution is 5.43. The smallest absolute Gasteiger partial charge is 0.161 e. The molecule has 0 fully saturated rings. The summed E-state index contributed by atoms with van der Waals surface area (Å²) in [4.78, 5) is 0. The van der Waals surface area contributed by atoms with E-state index in [9.17, 15) is 0 Å². The first-order valence-corrected chi connectivity index (χ1v) is 7.79. The highest BCUT2D eigenvalue weighted by atomic mass is 16.5. The second-order valence-corrected chi connectivity index (χ2v) is 5.38. The van der Waals surface area contributed by atoms with Crippen LogP contribution in [0.1, 0.15) is 30.0 Å². The van der Waals surface area contributed by atoms with Crippen LogP contribution < -0.4 is 14.8 Å². The van der Waals surface area contributed by atoms with Crippen LogP contribution >= 0.6 is 0 Å². The number of ether oxygens (including phenoxy) is 2. The Hall–Kier alpha value is -2.00. The topological polar surface area (TPSA) is 30.5 Å². The zero-order valence-corrected chi connectivity index (χ0v) is 13.7. The molecule has 0 amide bonds. The number of methoxy groups -OCH3 is 1. The molecule has 0 atom stereocenters. The summed E-state index contributed by atoms with van der Waals surface area (Å²) in [6, 6.07) is 14.4. The van der Waals surface area contributed by atoms with Gasteiger partial charge in [0.15, 0.2) is 11.5 Å². The Morgan fingerprint density at radius 2 is 1.86 bits per heavy atom. The third kappa shape index (κ3) is 4.50. The minimum Gasteiger partial charge on any atom is -0.493 e. The van der Waals surface area contributed by atoms with Crippen LogP contribution in [-0.4, -0.2) is 13.7 Å². The van der Waals surface area contributed by atoms with Crippen LogP contribution in [0.25, 0.3) is 0 Å². The number of nitrogens with one attached hydrogen (secondary N) is 1. The van der Waals surface area contributed by atoms with Crippen molar-refractivity contribution in [2.75, 3.05) is 13.7 Å². The van der Waals surface area contributed by atoms with Crippen molar-refractivity contribution in [3.8, 4) is 11.5 Å². The van der Waals surface area contributed by atoms with Crippen molar-refractivity contribution in [3.63, 3.8) is 0 Å². The summed E-state index contributed by atoms with van der Waals surface area (Å²) in [5, 5.41) is 3.39. The van der Waals surface area contributed by atoms with Crippen molar-refractivity contribution in [2.24, 2.45) is 0 Å². The first kappa shape index (κ1) is 16.4. The van der Waals surface area contributed by atoms with Crippen LogP contribution in [0.5, 0.6) is 11.5 Å². The van der Waals surface area contributed by atoms with Gasteiger partial charge in [0.05, 0.1) is 7.11 Å². The van der Waals surface area contributed by atoms with E-state index in [0.717, 1.165) is 31.0 Å². The third-order valence-corrected chi connectivity index (χ3v) is 3.63. The molecule has 2 rings (SSSR count). The van der Waals surface area contributed by atoms with E-state index in [1.165, 1.54) is 16.7 Å². The fourth-order valence-electron chi connectivity index (χ4n) is 2.28. The summed E-state index contributed by atoms with van der Waals surface area (Å²) in [7, 11) is 1.68. The third-order valence-electron chi connectivity index (χ3n) is 3.63. The Labute approximate surface area is 133 Å². The molecule has 0 aliphatic carbocycles. The number of rotatable bonds is 8. The lowest BCUT2D eigenvalue weighted by Crippen LogP contribution is -2.13. The summed E-state index contributed by atoms with van der Waals surface area (Å²) in [6.07, 6.45) is 1.13. The molecule has 3 nitrogen and oxygen atoms in total. The molecule has 22 heavy (non-hydrogen) atoms. The van der Waals surface area contributed by atoms with Gasteiger partial charge in [0.2, 0.25) is 0 Å². The largest absolute Gasteiger partial charge is 0.493 e. The fraction of sp³-hybridized carbons (Fsp3) is 0.368. The van der Waals surface area contributed by atoms with E-state index in [2.05, 4.69) is 37.4 Å². The Morgan fingerprint density at radius 1 is 1.05 bits per heavy atom. The molecule has 0 saturated heterocycles. The summed E-state index contributed by atoms with van der Waals surface area (Å²) in [5.41, 5.74) is 3.63. The lowest BCUT2D eigenvalue weighted by atomic mass is 10.1. The van der Waals surface area contributed by atoms with Crippen molar-refractivity contribution < 1.29 is 9.47 Å². The van der Waals surface area contributed by atoms with Gasteiger partial charge in [-0.15, -0.1) is 0 Å². The number of hydrogen-bond donors (Lipinski definition) is 1. The molecule has 2 aromatic rings. The van der Waals surface area contributed by atoms with Crippen LogP contribution in [0.2, 0.25) is 0 Å². The van der Waals surface area contributed by atoms with Gasteiger partial charge in [0, 0.05) is 6.54 Å². The van der Waals surface area contributed by atoms with Crippen molar-refractivity contribution >= 4 is 0 Å². The number of hydrogen-bond acceptors (Lipinski definition) is 3. The molecule has 2 aromatic carbocycles. The molecule has 0 spiro atoms. The first-order chi connectivity index (χ1) is 10.7. The van der Waals surface area contributed by atoms with Gasteiger partial charge in [-0.2, -0.15) is 0 Å². The van der Waals surface area contributed by atoms with Crippen LogP contribution in [0.3, 0.4) is 0 Å². The first-order valence-electron chi connectivity index (χ1n) is 7.79. The minimum absolute atomic E-state index is 0.552. The highest BCUT2D eigenvalue weighted by Gasteiger charge is 2.07. The van der Waals surface area contributed by atoms with Crippen LogP contribution in [0, 0.1) is 6.92 Å². The second kappa shape index (κ2) is 8.44. The lowest BCUT2D eigenvalue weighted by Gasteiger charge is -2.13. The molecule has 3 heteroatoms. The molecule has 118 valence electrons. The van der Waals surface area contributed by atoms with Crippen LogP contribution in [0.4, 0.5) is 0 Å². The lowest BCUT2D eigenvalue weighted by molar-refractivity contribution is 0.283. The normalized spacial score (nSPS) is 10.5. The molecule has 0 heterocycles. The predicted molar refractivity (Wildman–Crippen MR) is 90.5 cm³/mol. The van der Waals surface area contributed by atoms with E-state index in [-0.39, 0.29) is 0 Å². The average Bonchev–Trinajstić information content (AvgIpc) is 2.55. The van der Waals surface area contributed by atoms with Crippen molar-refractivity contribution in [2.45, 2.75) is 33.4 Å². The van der Waals surface area contributed by atoms with Crippen molar-refractivity contribution in [3.05, 3.63) is 59.2 Å². The predicted octanol–water partition coefficient (Wildman–Crippen LogP) is 4.08. The molecular weight excluding hydrogens is 274 g/mol. The van der Waals surface area contributed by atoms with Crippen LogP contribution in [0.15, 0.2) is 42.5 Å². The zero-order valence-electron chi connectivity index (χ0n) is 13.7. The summed E-state index contributed by atoms with van der Waals surface area (Å²) < 4.78 is 11.4. The van der Waals surface area contributed by atoms with Crippen molar-refractivity contribution in [1.82, 2.24) is 5.32 Å². The molecular formula is C19H25NO2. The van der Waals surface area contributed by atoms with Gasteiger partial charge < -0.3 is 14.8 Å². The zero-order chi connectivity index (χ0) is 15.8. The van der Waals surface area contributed by atoms with E-state index < -0.39 is 0 Å². The van der Waals surface area contributed by atoms with E-state index in [1.807, 2.05) is 24.3 Å². The Balaban J connectivity index is 2.03. The molecule has 0 aliphatic heterocycles. The van der Waals surface area contributed by atoms with Crippen molar-refractivity contribution in [1.29, 1.82) is 0 Å². The molecule has 0 radical (unpaired) electrons. The minimum atomic E-state index is 0.552. The molecule has 1 N–H and O–H groups in total. The monoisotopic (exact) mass is 299 g/mol. The summed E-state index contributed by atoms with van der Waals surface area (Å²) in [5.74, 6) is 1.56. The van der Waals surface area contributed by atoms with Gasteiger partial charge in [-0.1, -0.05) is 37.3 Å². The Morgan fingerprint density at radius 3 is 2.59 bits per heavy atom. The van der Waals surface area contributed by atoms with E-state index >= 15 is 0 Å². The SMILES string of the molecule is CCCNCc1ccc(OCc2ccccc2C)c(OC)c1.